The molecule has 1 N–H and O–H groups in total. The number of benzene rings is 4. The first-order valence-corrected chi connectivity index (χ1v) is 16.3. The minimum atomic E-state index is -4.12. The summed E-state index contributed by atoms with van der Waals surface area (Å²) in [6, 6.07) is 31.6. The lowest BCUT2D eigenvalue weighted by Gasteiger charge is -2.34. The van der Waals surface area contributed by atoms with Crippen molar-refractivity contribution in [3.63, 3.8) is 0 Å². The van der Waals surface area contributed by atoms with Gasteiger partial charge in [-0.05, 0) is 60.7 Å². The van der Waals surface area contributed by atoms with Gasteiger partial charge < -0.3 is 10.2 Å². The second-order valence-corrected chi connectivity index (χ2v) is 13.4. The molecule has 0 spiro atoms. The largest absolute Gasteiger partial charge is 0.354 e. The number of carbonyl (C=O) groups excluding carboxylic acids is 2. The SMILES string of the molecule is Cc1ccc(CN(C(=O)CN(c2cccc(C)c2)S(=O)(=O)c2ccccc2)[C@H](Cc2ccccc2)C(=O)NCC(C)C)cc1. The second-order valence-electron chi connectivity index (χ2n) is 11.5. The highest BCUT2D eigenvalue weighted by Crippen LogP contribution is 2.26. The number of nitrogens with zero attached hydrogens (tertiary/aromatic N) is 2. The quantitative estimate of drug-likeness (QED) is 0.204. The number of nitrogens with one attached hydrogen (secondary N) is 1. The van der Waals surface area contributed by atoms with Crippen molar-refractivity contribution in [3.05, 3.63) is 131 Å². The van der Waals surface area contributed by atoms with Gasteiger partial charge in [0.15, 0.2) is 0 Å². The molecule has 0 aliphatic heterocycles. The standard InChI is InChI=1S/C36H41N3O4S/c1-27(2)24-37-36(41)34(23-30-13-7-5-8-14-30)38(25-31-20-18-28(3)19-21-31)35(40)26-39(32-15-11-12-29(4)22-32)44(42,43)33-16-9-6-10-17-33/h5-22,27,34H,23-26H2,1-4H3,(H,37,41)/t34-/m1/s1. The maximum Gasteiger partial charge on any atom is 0.264 e. The van der Waals surface area contributed by atoms with Crippen LogP contribution in [0.1, 0.15) is 36.1 Å². The minimum Gasteiger partial charge on any atom is -0.354 e. The van der Waals surface area contributed by atoms with Gasteiger partial charge in [0.1, 0.15) is 12.6 Å². The highest BCUT2D eigenvalue weighted by molar-refractivity contribution is 7.92. The fourth-order valence-corrected chi connectivity index (χ4v) is 6.33. The summed E-state index contributed by atoms with van der Waals surface area (Å²) in [6.45, 7) is 7.99. The zero-order valence-electron chi connectivity index (χ0n) is 25.8. The maximum atomic E-state index is 14.5. The molecule has 0 saturated heterocycles. The van der Waals surface area contributed by atoms with Gasteiger partial charge in [-0.3, -0.25) is 13.9 Å². The first kappa shape index (κ1) is 32.5. The molecule has 0 heterocycles. The van der Waals surface area contributed by atoms with E-state index in [-0.39, 0.29) is 29.7 Å². The highest BCUT2D eigenvalue weighted by atomic mass is 32.2. The lowest BCUT2D eigenvalue weighted by atomic mass is 10.0. The topological polar surface area (TPSA) is 86.8 Å². The van der Waals surface area contributed by atoms with Crippen LogP contribution in [0.3, 0.4) is 0 Å². The van der Waals surface area contributed by atoms with Gasteiger partial charge in [0.2, 0.25) is 11.8 Å². The van der Waals surface area contributed by atoms with E-state index in [0.717, 1.165) is 26.6 Å². The average Bonchev–Trinajstić information content (AvgIpc) is 3.02. The summed E-state index contributed by atoms with van der Waals surface area (Å²) in [5, 5.41) is 3.02. The van der Waals surface area contributed by atoms with Gasteiger partial charge in [-0.1, -0.05) is 104 Å². The minimum absolute atomic E-state index is 0.0786. The molecule has 0 aliphatic carbocycles. The Kier molecular flexibility index (Phi) is 11.0. The molecule has 4 aromatic rings. The molecule has 7 nitrogen and oxygen atoms in total. The van der Waals surface area contributed by atoms with Crippen molar-refractivity contribution in [3.8, 4) is 0 Å². The van der Waals surface area contributed by atoms with Gasteiger partial charge >= 0.3 is 0 Å². The van der Waals surface area contributed by atoms with Crippen LogP contribution in [0, 0.1) is 19.8 Å². The third-order valence-electron chi connectivity index (χ3n) is 7.33. The van der Waals surface area contributed by atoms with Gasteiger partial charge in [-0.15, -0.1) is 0 Å². The van der Waals surface area contributed by atoms with Gasteiger partial charge in [-0.25, -0.2) is 8.42 Å². The highest BCUT2D eigenvalue weighted by Gasteiger charge is 2.34. The molecule has 0 aromatic heterocycles. The van der Waals surface area contributed by atoms with E-state index in [2.05, 4.69) is 5.32 Å². The van der Waals surface area contributed by atoms with Crippen LogP contribution < -0.4 is 9.62 Å². The maximum absolute atomic E-state index is 14.5. The zero-order chi connectivity index (χ0) is 31.7. The van der Waals surface area contributed by atoms with Crippen LogP contribution in [0.25, 0.3) is 0 Å². The molecule has 0 aliphatic rings. The first-order valence-electron chi connectivity index (χ1n) is 14.9. The molecule has 0 unspecified atom stereocenters. The monoisotopic (exact) mass is 611 g/mol. The van der Waals surface area contributed by atoms with Crippen molar-refractivity contribution >= 4 is 27.5 Å². The Morgan fingerprint density at radius 3 is 2.00 bits per heavy atom. The van der Waals surface area contributed by atoms with Crippen LogP contribution in [0.4, 0.5) is 5.69 Å². The normalized spacial score (nSPS) is 12.0. The molecular weight excluding hydrogens is 570 g/mol. The van der Waals surface area contributed by atoms with E-state index in [0.29, 0.717) is 12.2 Å². The van der Waals surface area contributed by atoms with Crippen molar-refractivity contribution in [1.29, 1.82) is 0 Å². The van der Waals surface area contributed by atoms with Crippen molar-refractivity contribution in [2.45, 2.75) is 51.6 Å². The summed E-state index contributed by atoms with van der Waals surface area (Å²) in [6.07, 6.45) is 0.276. The fraction of sp³-hybridized carbons (Fsp3) is 0.278. The summed E-state index contributed by atoms with van der Waals surface area (Å²) in [5.74, 6) is -0.548. The van der Waals surface area contributed by atoms with Crippen LogP contribution in [0.5, 0.6) is 0 Å². The Balaban J connectivity index is 1.79. The van der Waals surface area contributed by atoms with E-state index >= 15 is 0 Å². The Bertz CT molecular complexity index is 1640. The molecule has 0 bridgehead atoms. The molecule has 230 valence electrons. The van der Waals surface area contributed by atoms with Crippen molar-refractivity contribution in [2.75, 3.05) is 17.4 Å². The fourth-order valence-electron chi connectivity index (χ4n) is 4.90. The van der Waals surface area contributed by atoms with E-state index in [1.54, 1.807) is 36.4 Å². The molecule has 8 heteroatoms. The molecule has 0 fully saturated rings. The number of hydrogen-bond acceptors (Lipinski definition) is 4. The molecule has 2 amide bonds. The second kappa shape index (κ2) is 14.8. The summed E-state index contributed by atoms with van der Waals surface area (Å²) in [4.78, 5) is 29.9. The predicted octanol–water partition coefficient (Wildman–Crippen LogP) is 5.91. The predicted molar refractivity (Wildman–Crippen MR) is 176 cm³/mol. The van der Waals surface area contributed by atoms with E-state index in [1.807, 2.05) is 88.4 Å². The summed E-state index contributed by atoms with van der Waals surface area (Å²) in [5.41, 5.74) is 4.04. The van der Waals surface area contributed by atoms with E-state index in [1.165, 1.54) is 17.0 Å². The number of sulfonamides is 1. The van der Waals surface area contributed by atoms with Crippen LogP contribution in [-0.2, 0) is 32.6 Å². The summed E-state index contributed by atoms with van der Waals surface area (Å²) >= 11 is 0. The number of carbonyl (C=O) groups is 2. The first-order chi connectivity index (χ1) is 21.0. The van der Waals surface area contributed by atoms with Crippen molar-refractivity contribution < 1.29 is 18.0 Å². The smallest absolute Gasteiger partial charge is 0.264 e. The molecule has 4 aromatic carbocycles. The van der Waals surface area contributed by atoms with Crippen LogP contribution in [0.15, 0.2) is 114 Å². The number of anilines is 1. The van der Waals surface area contributed by atoms with Gasteiger partial charge in [0.25, 0.3) is 10.0 Å². The number of amides is 2. The van der Waals surface area contributed by atoms with Crippen LogP contribution >= 0.6 is 0 Å². The molecule has 1 atom stereocenters. The van der Waals surface area contributed by atoms with Crippen LogP contribution in [0.2, 0.25) is 0 Å². The van der Waals surface area contributed by atoms with Gasteiger partial charge in [0.05, 0.1) is 10.6 Å². The Morgan fingerprint density at radius 2 is 1.39 bits per heavy atom. The lowest BCUT2D eigenvalue weighted by Crippen LogP contribution is -2.53. The molecule has 4 rings (SSSR count). The van der Waals surface area contributed by atoms with E-state index in [9.17, 15) is 18.0 Å². The molecular formula is C36H41N3O4S. The summed E-state index contributed by atoms with van der Waals surface area (Å²) < 4.78 is 29.2. The summed E-state index contributed by atoms with van der Waals surface area (Å²) in [7, 11) is -4.12. The Morgan fingerprint density at radius 1 is 0.750 bits per heavy atom. The third-order valence-corrected chi connectivity index (χ3v) is 9.12. The van der Waals surface area contributed by atoms with Crippen molar-refractivity contribution in [2.24, 2.45) is 5.92 Å². The van der Waals surface area contributed by atoms with Crippen LogP contribution in [-0.4, -0.2) is 44.3 Å². The Hall–Kier alpha value is -4.43. The Labute approximate surface area is 261 Å². The van der Waals surface area contributed by atoms with Crippen molar-refractivity contribution in [1.82, 2.24) is 10.2 Å². The number of rotatable bonds is 13. The van der Waals surface area contributed by atoms with E-state index in [4.69, 9.17) is 0 Å². The number of aryl methyl sites for hydroxylation is 2. The lowest BCUT2D eigenvalue weighted by molar-refractivity contribution is -0.140. The molecule has 0 saturated carbocycles. The van der Waals surface area contributed by atoms with Gasteiger partial charge in [-0.2, -0.15) is 0 Å². The molecule has 0 radical (unpaired) electrons. The number of hydrogen-bond donors (Lipinski definition) is 1. The zero-order valence-corrected chi connectivity index (χ0v) is 26.6. The molecule has 44 heavy (non-hydrogen) atoms. The van der Waals surface area contributed by atoms with Gasteiger partial charge in [0, 0.05) is 19.5 Å². The third kappa shape index (κ3) is 8.57. The average molecular weight is 612 g/mol. The van der Waals surface area contributed by atoms with E-state index < -0.39 is 28.5 Å².